The lowest BCUT2D eigenvalue weighted by molar-refractivity contribution is -0.110. The van der Waals surface area contributed by atoms with Gasteiger partial charge in [0.15, 0.2) is 0 Å². The Kier molecular flexibility index (Phi) is 8.98. The predicted octanol–water partition coefficient (Wildman–Crippen LogP) is 6.00. The molecule has 0 bridgehead atoms. The molecule has 0 radical (unpaired) electrons. The first kappa shape index (κ1) is 29.3. The Labute approximate surface area is 251 Å². The molecule has 2 N–H and O–H groups in total. The Balaban J connectivity index is 1.49. The van der Waals surface area contributed by atoms with Crippen LogP contribution < -0.4 is 15.5 Å². The standard InChI is InChI=1S/C35H34N4O4/c1-4-43-35(42)26-15-20-29-30(23-26)37-33(40)31(29)32(24-11-7-5-8-12-24)36-27-16-18-28(19-17-27)39(22-21-38(2)3)34(41)25-13-9-6-10-14-25/h5-20,23,36H,4,21-22H2,1-3H3,(H,37,40). The van der Waals surface area contributed by atoms with E-state index in [2.05, 4.69) is 10.6 Å². The van der Waals surface area contributed by atoms with Gasteiger partial charge < -0.3 is 25.2 Å². The molecular formula is C35H34N4O4. The van der Waals surface area contributed by atoms with E-state index in [0.717, 1.165) is 16.9 Å². The highest BCUT2D eigenvalue weighted by molar-refractivity contribution is 6.37. The van der Waals surface area contributed by atoms with Crippen molar-refractivity contribution in [1.29, 1.82) is 0 Å². The second-order valence-electron chi connectivity index (χ2n) is 10.3. The second kappa shape index (κ2) is 13.2. The molecule has 0 atom stereocenters. The minimum absolute atomic E-state index is 0.0725. The fraction of sp³-hybridized carbons (Fsp3) is 0.171. The van der Waals surface area contributed by atoms with Crippen LogP contribution in [0.25, 0.3) is 11.3 Å². The third-order valence-electron chi connectivity index (χ3n) is 7.07. The minimum atomic E-state index is -0.441. The summed E-state index contributed by atoms with van der Waals surface area (Å²) in [7, 11) is 3.96. The Morgan fingerprint density at radius 2 is 1.44 bits per heavy atom. The number of hydrogen-bond donors (Lipinski definition) is 2. The van der Waals surface area contributed by atoms with Gasteiger partial charge in [0, 0.05) is 35.6 Å². The zero-order valence-electron chi connectivity index (χ0n) is 24.5. The molecule has 4 aromatic carbocycles. The minimum Gasteiger partial charge on any atom is -0.462 e. The molecule has 0 aromatic heterocycles. The van der Waals surface area contributed by atoms with Gasteiger partial charge in [-0.1, -0.05) is 54.6 Å². The van der Waals surface area contributed by atoms with Gasteiger partial charge in [-0.3, -0.25) is 9.59 Å². The van der Waals surface area contributed by atoms with Crippen molar-refractivity contribution in [3.63, 3.8) is 0 Å². The summed E-state index contributed by atoms with van der Waals surface area (Å²) in [5.41, 5.74) is 5.66. The van der Waals surface area contributed by atoms with Gasteiger partial charge in [0.05, 0.1) is 29.1 Å². The van der Waals surface area contributed by atoms with Crippen molar-refractivity contribution in [2.45, 2.75) is 6.92 Å². The third-order valence-corrected chi connectivity index (χ3v) is 7.07. The number of nitrogens with one attached hydrogen (secondary N) is 2. The normalized spacial score (nSPS) is 13.3. The zero-order valence-corrected chi connectivity index (χ0v) is 24.5. The summed E-state index contributed by atoms with van der Waals surface area (Å²) in [6, 6.07) is 31.5. The number of carbonyl (C=O) groups excluding carboxylic acids is 3. The molecule has 0 aliphatic carbocycles. The second-order valence-corrected chi connectivity index (χ2v) is 10.3. The Bertz CT molecular complexity index is 1650. The molecule has 8 nitrogen and oxygen atoms in total. The van der Waals surface area contributed by atoms with Crippen molar-refractivity contribution in [2.24, 2.45) is 0 Å². The molecule has 8 heteroatoms. The lowest BCUT2D eigenvalue weighted by atomic mass is 9.99. The van der Waals surface area contributed by atoms with Crippen molar-refractivity contribution in [2.75, 3.05) is 49.3 Å². The van der Waals surface area contributed by atoms with Gasteiger partial charge in [-0.15, -0.1) is 0 Å². The number of ether oxygens (including phenoxy) is 1. The lowest BCUT2D eigenvalue weighted by Gasteiger charge is -2.25. The largest absolute Gasteiger partial charge is 0.462 e. The summed E-state index contributed by atoms with van der Waals surface area (Å²) in [5.74, 6) is -0.789. The van der Waals surface area contributed by atoms with E-state index < -0.39 is 5.97 Å². The topological polar surface area (TPSA) is 91.0 Å². The molecule has 0 spiro atoms. The van der Waals surface area contributed by atoms with Crippen LogP contribution in [0, 0.1) is 0 Å². The van der Waals surface area contributed by atoms with Gasteiger partial charge in [0.25, 0.3) is 11.8 Å². The lowest BCUT2D eigenvalue weighted by Crippen LogP contribution is -2.36. The Morgan fingerprint density at radius 3 is 2.07 bits per heavy atom. The molecule has 1 aliphatic rings. The van der Waals surface area contributed by atoms with E-state index in [-0.39, 0.29) is 18.4 Å². The average Bonchev–Trinajstić information content (AvgIpc) is 3.36. The number of esters is 1. The quantitative estimate of drug-likeness (QED) is 0.178. The van der Waals surface area contributed by atoms with Crippen molar-refractivity contribution >= 4 is 46.1 Å². The zero-order chi connectivity index (χ0) is 30.3. The SMILES string of the molecule is CCOC(=O)c1ccc2c(c1)NC(=O)C2=C(Nc1ccc(N(CCN(C)C)C(=O)c2ccccc2)cc1)c1ccccc1. The Hall–Kier alpha value is -5.21. The third kappa shape index (κ3) is 6.66. The summed E-state index contributed by atoms with van der Waals surface area (Å²) in [6.07, 6.45) is 0. The monoisotopic (exact) mass is 574 g/mol. The van der Waals surface area contributed by atoms with Gasteiger partial charge in [0.1, 0.15) is 0 Å². The molecular weight excluding hydrogens is 540 g/mol. The van der Waals surface area contributed by atoms with Crippen molar-refractivity contribution in [3.8, 4) is 0 Å². The number of amides is 2. The number of fused-ring (bicyclic) bond motifs is 1. The highest BCUT2D eigenvalue weighted by Crippen LogP contribution is 2.38. The number of hydrogen-bond acceptors (Lipinski definition) is 6. The summed E-state index contributed by atoms with van der Waals surface area (Å²) >= 11 is 0. The first-order valence-electron chi connectivity index (χ1n) is 14.2. The predicted molar refractivity (Wildman–Crippen MR) is 171 cm³/mol. The molecule has 43 heavy (non-hydrogen) atoms. The maximum absolute atomic E-state index is 13.4. The first-order chi connectivity index (χ1) is 20.9. The van der Waals surface area contributed by atoms with Crippen LogP contribution in [-0.4, -0.2) is 56.5 Å². The van der Waals surface area contributed by atoms with Crippen molar-refractivity contribution < 1.29 is 19.1 Å². The average molecular weight is 575 g/mol. The van der Waals surface area contributed by atoms with E-state index in [9.17, 15) is 14.4 Å². The van der Waals surface area contributed by atoms with E-state index in [1.54, 1.807) is 30.0 Å². The van der Waals surface area contributed by atoms with Gasteiger partial charge in [0.2, 0.25) is 0 Å². The van der Waals surface area contributed by atoms with Gasteiger partial charge in [-0.05, 0) is 75.1 Å². The highest BCUT2D eigenvalue weighted by atomic mass is 16.5. The smallest absolute Gasteiger partial charge is 0.338 e. The van der Waals surface area contributed by atoms with Crippen LogP contribution in [0.15, 0.2) is 103 Å². The molecule has 4 aromatic rings. The van der Waals surface area contributed by atoms with E-state index >= 15 is 0 Å². The van der Waals surface area contributed by atoms with E-state index in [1.807, 2.05) is 104 Å². The maximum Gasteiger partial charge on any atom is 0.338 e. The van der Waals surface area contributed by atoms with Crippen LogP contribution in [0.2, 0.25) is 0 Å². The molecule has 5 rings (SSSR count). The van der Waals surface area contributed by atoms with Crippen LogP contribution in [0.3, 0.4) is 0 Å². The maximum atomic E-state index is 13.4. The molecule has 218 valence electrons. The van der Waals surface area contributed by atoms with Gasteiger partial charge >= 0.3 is 5.97 Å². The fourth-order valence-corrected chi connectivity index (χ4v) is 4.90. The van der Waals surface area contributed by atoms with Gasteiger partial charge in [-0.25, -0.2) is 4.79 Å². The van der Waals surface area contributed by atoms with E-state index in [4.69, 9.17) is 4.74 Å². The van der Waals surface area contributed by atoms with Crippen LogP contribution in [0.1, 0.15) is 38.8 Å². The summed E-state index contributed by atoms with van der Waals surface area (Å²) in [6.45, 7) is 3.25. The number of carbonyl (C=O) groups is 3. The number of anilines is 3. The number of rotatable bonds is 10. The highest BCUT2D eigenvalue weighted by Gasteiger charge is 2.29. The summed E-state index contributed by atoms with van der Waals surface area (Å²) in [4.78, 5) is 42.9. The molecule has 1 heterocycles. The van der Waals surface area contributed by atoms with Crippen LogP contribution >= 0.6 is 0 Å². The van der Waals surface area contributed by atoms with Crippen LogP contribution in [0.4, 0.5) is 17.1 Å². The van der Waals surface area contributed by atoms with Crippen molar-refractivity contribution in [3.05, 3.63) is 125 Å². The number of benzene rings is 4. The molecule has 0 unspecified atom stereocenters. The fourth-order valence-electron chi connectivity index (χ4n) is 4.90. The van der Waals surface area contributed by atoms with Crippen molar-refractivity contribution in [1.82, 2.24) is 4.90 Å². The molecule has 2 amide bonds. The van der Waals surface area contributed by atoms with Gasteiger partial charge in [-0.2, -0.15) is 0 Å². The molecule has 0 saturated carbocycles. The van der Waals surface area contributed by atoms with E-state index in [1.165, 1.54) is 0 Å². The number of likely N-dealkylation sites (N-methyl/N-ethyl adjacent to an activating group) is 1. The molecule has 0 saturated heterocycles. The van der Waals surface area contributed by atoms with Crippen LogP contribution in [0.5, 0.6) is 0 Å². The molecule has 0 fully saturated rings. The Morgan fingerprint density at radius 1 is 0.791 bits per heavy atom. The number of nitrogens with zero attached hydrogens (tertiary/aromatic N) is 2. The van der Waals surface area contributed by atoms with Crippen LogP contribution in [-0.2, 0) is 9.53 Å². The summed E-state index contributed by atoms with van der Waals surface area (Å²) in [5, 5.41) is 6.36. The summed E-state index contributed by atoms with van der Waals surface area (Å²) < 4.78 is 5.13. The molecule has 1 aliphatic heterocycles. The first-order valence-corrected chi connectivity index (χ1v) is 14.2. The van der Waals surface area contributed by atoms with E-state index in [0.29, 0.717) is 46.7 Å².